The number of aromatic nitrogens is 4. The van der Waals surface area contributed by atoms with Crippen LogP contribution in [0.15, 0.2) is 12.7 Å². The summed E-state index contributed by atoms with van der Waals surface area (Å²) in [5.74, 6) is -0.490. The van der Waals surface area contributed by atoms with E-state index in [4.69, 9.17) is 19.9 Å². The first-order valence-corrected chi connectivity index (χ1v) is 8.29. The fourth-order valence-corrected chi connectivity index (χ4v) is 4.20. The molecule has 2 aromatic heterocycles. The van der Waals surface area contributed by atoms with E-state index in [0.717, 1.165) is 0 Å². The molecule has 25 heavy (non-hydrogen) atoms. The van der Waals surface area contributed by atoms with Gasteiger partial charge in [-0.15, -0.1) is 0 Å². The second-order valence-corrected chi connectivity index (χ2v) is 7.43. The van der Waals surface area contributed by atoms with Gasteiger partial charge in [-0.3, -0.25) is 9.36 Å². The van der Waals surface area contributed by atoms with Crippen LogP contribution in [0.2, 0.25) is 0 Å². The lowest BCUT2D eigenvalue weighted by Gasteiger charge is -2.25. The number of ether oxygens (including phenoxy) is 3. The van der Waals surface area contributed by atoms with Gasteiger partial charge in [0.2, 0.25) is 0 Å². The summed E-state index contributed by atoms with van der Waals surface area (Å²) in [6, 6.07) is 0. The maximum absolute atomic E-state index is 11.9. The van der Waals surface area contributed by atoms with Crippen molar-refractivity contribution in [2.24, 2.45) is 5.92 Å². The Morgan fingerprint density at radius 3 is 2.80 bits per heavy atom. The number of rotatable bonds is 2. The van der Waals surface area contributed by atoms with Crippen LogP contribution < -0.4 is 5.73 Å². The van der Waals surface area contributed by atoms with Crippen molar-refractivity contribution in [1.82, 2.24) is 19.5 Å². The third-order valence-electron chi connectivity index (χ3n) is 5.34. The molecule has 9 heteroatoms. The van der Waals surface area contributed by atoms with Crippen molar-refractivity contribution in [1.29, 1.82) is 0 Å². The van der Waals surface area contributed by atoms with Gasteiger partial charge in [-0.2, -0.15) is 0 Å². The van der Waals surface area contributed by atoms with Gasteiger partial charge in [-0.1, -0.05) is 0 Å². The van der Waals surface area contributed by atoms with E-state index in [-0.39, 0.29) is 23.9 Å². The molecule has 132 valence electrons. The van der Waals surface area contributed by atoms with Crippen molar-refractivity contribution in [2.45, 2.75) is 57.0 Å². The molecule has 2 unspecified atom stereocenters. The first-order chi connectivity index (χ1) is 11.8. The van der Waals surface area contributed by atoms with Gasteiger partial charge in [0.1, 0.15) is 35.4 Å². The highest BCUT2D eigenvalue weighted by atomic mass is 16.8. The quantitative estimate of drug-likeness (QED) is 0.850. The summed E-state index contributed by atoms with van der Waals surface area (Å²) < 4.78 is 20.3. The number of anilines is 1. The van der Waals surface area contributed by atoms with Gasteiger partial charge >= 0.3 is 0 Å². The molecule has 5 atom stereocenters. The third kappa shape index (κ3) is 1.94. The van der Waals surface area contributed by atoms with E-state index < -0.39 is 17.6 Å². The van der Waals surface area contributed by atoms with Gasteiger partial charge in [0.05, 0.1) is 12.2 Å². The normalized spacial score (nSPS) is 38.4. The van der Waals surface area contributed by atoms with Gasteiger partial charge in [-0.25, -0.2) is 15.0 Å². The molecule has 2 saturated heterocycles. The number of fused-ring (bicyclic) bond motifs is 3. The zero-order valence-electron chi connectivity index (χ0n) is 14.2. The Kier molecular flexibility index (Phi) is 2.76. The minimum Gasteiger partial charge on any atom is -0.382 e. The molecular formula is C16H19N5O4. The van der Waals surface area contributed by atoms with Crippen LogP contribution in [0, 0.1) is 5.92 Å². The number of ketones is 1. The summed E-state index contributed by atoms with van der Waals surface area (Å²) in [6.45, 7) is 5.33. The minimum absolute atomic E-state index is 0.106. The summed E-state index contributed by atoms with van der Waals surface area (Å²) in [4.78, 5) is 24.5. The number of imidazole rings is 1. The van der Waals surface area contributed by atoms with E-state index in [2.05, 4.69) is 15.0 Å². The van der Waals surface area contributed by atoms with Gasteiger partial charge in [0.15, 0.2) is 23.5 Å². The Balaban J connectivity index is 1.60. The third-order valence-corrected chi connectivity index (χ3v) is 5.34. The lowest BCUT2D eigenvalue weighted by molar-refractivity contribution is -0.203. The van der Waals surface area contributed by atoms with E-state index in [1.165, 1.54) is 6.33 Å². The molecule has 9 nitrogen and oxygen atoms in total. The summed E-state index contributed by atoms with van der Waals surface area (Å²) >= 11 is 0. The van der Waals surface area contributed by atoms with Crippen molar-refractivity contribution in [2.75, 3.05) is 5.73 Å². The molecule has 5 rings (SSSR count). The molecule has 1 saturated carbocycles. The topological polar surface area (TPSA) is 114 Å². The molecular weight excluding hydrogens is 326 g/mol. The Bertz CT molecular complexity index is 896. The van der Waals surface area contributed by atoms with Crippen LogP contribution in [0.4, 0.5) is 5.82 Å². The Morgan fingerprint density at radius 1 is 1.28 bits per heavy atom. The lowest BCUT2D eigenvalue weighted by atomic mass is 10.1. The Labute approximate surface area is 143 Å². The first-order valence-electron chi connectivity index (χ1n) is 8.29. The molecule has 2 N–H and O–H groups in total. The Morgan fingerprint density at radius 2 is 2.08 bits per heavy atom. The Hall–Kier alpha value is -2.10. The zero-order valence-corrected chi connectivity index (χ0v) is 14.2. The zero-order chi connectivity index (χ0) is 17.6. The summed E-state index contributed by atoms with van der Waals surface area (Å²) in [6.07, 6.45) is 2.50. The van der Waals surface area contributed by atoms with E-state index in [9.17, 15) is 4.79 Å². The van der Waals surface area contributed by atoms with E-state index in [0.29, 0.717) is 23.4 Å². The highest BCUT2D eigenvalue weighted by Gasteiger charge is 2.75. The minimum atomic E-state index is -0.737. The van der Waals surface area contributed by atoms with Crippen molar-refractivity contribution < 1.29 is 19.0 Å². The first kappa shape index (κ1) is 15.2. The number of carbonyl (C=O) groups excluding carboxylic acids is 1. The van der Waals surface area contributed by atoms with Crippen molar-refractivity contribution >= 4 is 22.8 Å². The van der Waals surface area contributed by atoms with Crippen LogP contribution in [0.3, 0.4) is 0 Å². The van der Waals surface area contributed by atoms with E-state index in [1.807, 2.05) is 13.8 Å². The molecule has 0 aromatic carbocycles. The number of Topliss-reactive ketones (excluding diaryl/α,β-unsaturated/α-hetero) is 1. The molecule has 0 bridgehead atoms. The number of nitrogens with zero attached hydrogens (tertiary/aromatic N) is 4. The molecule has 0 radical (unpaired) electrons. The SMILES string of the molecule is CC(=O)C1C[C@@]12O[C@@H](n1cnc3c(N)ncnc31)[C@H]1OC(C)(C)OC12. The van der Waals surface area contributed by atoms with E-state index >= 15 is 0 Å². The number of nitrogen functional groups attached to an aromatic ring is 1. The highest BCUT2D eigenvalue weighted by Crippen LogP contribution is 2.62. The van der Waals surface area contributed by atoms with E-state index in [1.54, 1.807) is 17.8 Å². The van der Waals surface area contributed by atoms with Crippen LogP contribution in [0.25, 0.3) is 11.2 Å². The number of nitrogens with two attached hydrogens (primary N) is 1. The molecule has 2 aromatic rings. The van der Waals surface area contributed by atoms with Crippen LogP contribution in [0.5, 0.6) is 0 Å². The maximum Gasteiger partial charge on any atom is 0.167 e. The molecule has 2 aliphatic heterocycles. The molecule has 3 aliphatic rings. The number of hydrogen-bond donors (Lipinski definition) is 1. The van der Waals surface area contributed by atoms with Gasteiger partial charge in [0.25, 0.3) is 0 Å². The summed E-state index contributed by atoms with van der Waals surface area (Å²) in [7, 11) is 0. The van der Waals surface area contributed by atoms with Crippen molar-refractivity contribution in [3.8, 4) is 0 Å². The second-order valence-electron chi connectivity index (χ2n) is 7.43. The fraction of sp³-hybridized carbons (Fsp3) is 0.625. The average molecular weight is 345 g/mol. The van der Waals surface area contributed by atoms with Crippen LogP contribution in [-0.4, -0.2) is 48.9 Å². The standard InChI is InChI=1S/C16H19N5O4/c1-7(22)8-4-16(8)11-10(23-15(2,3)24-11)14(25-16)21-6-20-9-12(17)18-5-19-13(9)21/h5-6,8,10-11,14H,4H2,1-3H3,(H2,17,18,19)/t8?,10-,11?,14+,16+/m0/s1. The average Bonchev–Trinajstić information content (AvgIpc) is 2.80. The maximum atomic E-state index is 11.9. The van der Waals surface area contributed by atoms with Crippen molar-refractivity contribution in [3.05, 3.63) is 12.7 Å². The molecule has 1 spiro atoms. The van der Waals surface area contributed by atoms with Crippen molar-refractivity contribution in [3.63, 3.8) is 0 Å². The molecule has 0 amide bonds. The predicted molar refractivity (Wildman–Crippen MR) is 85.2 cm³/mol. The van der Waals surface area contributed by atoms with Crippen LogP contribution in [-0.2, 0) is 19.0 Å². The summed E-state index contributed by atoms with van der Waals surface area (Å²) in [5.41, 5.74) is 6.33. The monoisotopic (exact) mass is 345 g/mol. The fourth-order valence-electron chi connectivity index (χ4n) is 4.20. The molecule has 1 aliphatic carbocycles. The van der Waals surface area contributed by atoms with Crippen LogP contribution >= 0.6 is 0 Å². The molecule has 4 heterocycles. The smallest absolute Gasteiger partial charge is 0.167 e. The largest absolute Gasteiger partial charge is 0.382 e. The highest BCUT2D eigenvalue weighted by molar-refractivity contribution is 5.83. The predicted octanol–water partition coefficient (Wildman–Crippen LogP) is 0.805. The summed E-state index contributed by atoms with van der Waals surface area (Å²) in [5, 5.41) is 0. The molecule has 3 fully saturated rings. The van der Waals surface area contributed by atoms with Gasteiger partial charge in [0, 0.05) is 0 Å². The second kappa shape index (κ2) is 4.54. The lowest BCUT2D eigenvalue weighted by Crippen LogP contribution is -2.34. The number of hydrogen-bond acceptors (Lipinski definition) is 8. The van der Waals surface area contributed by atoms with Gasteiger partial charge < -0.3 is 19.9 Å². The number of carbonyl (C=O) groups is 1. The van der Waals surface area contributed by atoms with Gasteiger partial charge in [-0.05, 0) is 27.2 Å². The van der Waals surface area contributed by atoms with Crippen LogP contribution in [0.1, 0.15) is 33.4 Å².